The van der Waals surface area contributed by atoms with Gasteiger partial charge < -0.3 is 20.6 Å². The number of carbonyl (C=O) groups excluding carboxylic acids is 1. The van der Waals surface area contributed by atoms with Gasteiger partial charge in [-0.05, 0) is 55.0 Å². The molecule has 0 aliphatic carbocycles. The summed E-state index contributed by atoms with van der Waals surface area (Å²) in [7, 11) is 0. The van der Waals surface area contributed by atoms with Crippen molar-refractivity contribution in [2.24, 2.45) is 11.8 Å². The lowest BCUT2D eigenvalue weighted by molar-refractivity contribution is -0.136. The van der Waals surface area contributed by atoms with Crippen LogP contribution in [0, 0.1) is 18.8 Å². The average Bonchev–Trinajstić information content (AvgIpc) is 2.81. The van der Waals surface area contributed by atoms with Gasteiger partial charge in [-0.15, -0.1) is 0 Å². The fraction of sp³-hybridized carbons (Fsp3) is 0.517. The number of carboxylic acid groups (broad SMARTS) is 1. The summed E-state index contributed by atoms with van der Waals surface area (Å²) < 4.78 is 0. The highest BCUT2D eigenvalue weighted by atomic mass is 16.4. The molecule has 0 atom stereocenters. The number of hydrogen-bond donors (Lipinski definition) is 3. The van der Waals surface area contributed by atoms with Gasteiger partial charge in [0.15, 0.2) is 0 Å². The topological polar surface area (TPSA) is 81.7 Å². The maximum absolute atomic E-state index is 12.7. The Balaban J connectivity index is 0.00000274. The van der Waals surface area contributed by atoms with Crippen molar-refractivity contribution in [3.05, 3.63) is 53.6 Å². The fourth-order valence-corrected chi connectivity index (χ4v) is 3.44. The third-order valence-electron chi connectivity index (χ3n) is 4.76. The first kappa shape index (κ1) is 32.0. The van der Waals surface area contributed by atoms with E-state index in [1.807, 2.05) is 77.1 Å². The van der Waals surface area contributed by atoms with E-state index in [1.165, 1.54) is 0 Å². The Kier molecular flexibility index (Phi) is 15.9. The van der Waals surface area contributed by atoms with Crippen LogP contribution in [0.1, 0.15) is 72.9 Å². The molecular formula is C29H47N3O3. The number of nitrogens with one attached hydrogen (secondary N) is 2. The number of aliphatic carboxylic acids is 1. The van der Waals surface area contributed by atoms with Gasteiger partial charge in [0.2, 0.25) is 0 Å². The van der Waals surface area contributed by atoms with Crippen LogP contribution in [-0.2, 0) is 11.2 Å². The molecule has 2 aromatic rings. The van der Waals surface area contributed by atoms with E-state index in [4.69, 9.17) is 5.11 Å². The van der Waals surface area contributed by atoms with Gasteiger partial charge in [-0.2, -0.15) is 0 Å². The predicted molar refractivity (Wildman–Crippen MR) is 151 cm³/mol. The van der Waals surface area contributed by atoms with Crippen LogP contribution >= 0.6 is 0 Å². The minimum atomic E-state index is -0.836. The van der Waals surface area contributed by atoms with Gasteiger partial charge in [0.05, 0.1) is 11.4 Å². The molecule has 196 valence electrons. The van der Waals surface area contributed by atoms with Crippen molar-refractivity contribution in [1.29, 1.82) is 0 Å². The molecule has 0 radical (unpaired) electrons. The Morgan fingerprint density at radius 3 is 1.89 bits per heavy atom. The van der Waals surface area contributed by atoms with Crippen molar-refractivity contribution < 1.29 is 14.7 Å². The number of carbonyl (C=O) groups is 2. The van der Waals surface area contributed by atoms with E-state index in [-0.39, 0.29) is 12.5 Å². The van der Waals surface area contributed by atoms with Crippen molar-refractivity contribution in [3.8, 4) is 0 Å². The Bertz CT molecular complexity index is 867. The second-order valence-electron chi connectivity index (χ2n) is 8.88. The van der Waals surface area contributed by atoms with E-state index in [0.29, 0.717) is 29.6 Å². The molecule has 3 N–H and O–H groups in total. The Morgan fingerprint density at radius 2 is 1.40 bits per heavy atom. The summed E-state index contributed by atoms with van der Waals surface area (Å²) >= 11 is 0. The molecule has 0 saturated heterocycles. The predicted octanol–water partition coefficient (Wildman–Crippen LogP) is 7.83. The highest BCUT2D eigenvalue weighted by Gasteiger charge is 2.17. The van der Waals surface area contributed by atoms with Gasteiger partial charge in [-0.3, -0.25) is 4.79 Å². The minimum absolute atomic E-state index is 0.0516. The first-order valence-corrected chi connectivity index (χ1v) is 12.9. The lowest BCUT2D eigenvalue weighted by Crippen LogP contribution is -2.32. The number of hydrogen-bond acceptors (Lipinski definition) is 3. The first-order chi connectivity index (χ1) is 16.6. The second kappa shape index (κ2) is 17.4. The molecule has 0 fully saturated rings. The molecule has 0 bridgehead atoms. The summed E-state index contributed by atoms with van der Waals surface area (Å²) in [5.74, 6) is 0.0799. The Labute approximate surface area is 213 Å². The molecule has 0 heterocycles. The summed E-state index contributed by atoms with van der Waals surface area (Å²) in [5.41, 5.74) is 4.35. The van der Waals surface area contributed by atoms with Gasteiger partial charge in [-0.25, -0.2) is 4.79 Å². The van der Waals surface area contributed by atoms with E-state index in [1.54, 1.807) is 0 Å². The number of benzene rings is 2. The smallest absolute Gasteiger partial charge is 0.323 e. The van der Waals surface area contributed by atoms with Gasteiger partial charge in [0.25, 0.3) is 0 Å². The Hall–Kier alpha value is -3.02. The van der Waals surface area contributed by atoms with Gasteiger partial charge in [-0.1, -0.05) is 79.2 Å². The number of urea groups is 1. The largest absolute Gasteiger partial charge is 0.481 e. The van der Waals surface area contributed by atoms with Crippen molar-refractivity contribution in [1.82, 2.24) is 0 Å². The van der Waals surface area contributed by atoms with Crippen molar-refractivity contribution >= 4 is 29.1 Å². The molecule has 0 aromatic heterocycles. The summed E-state index contributed by atoms with van der Waals surface area (Å²) in [5, 5.41) is 14.9. The zero-order valence-corrected chi connectivity index (χ0v) is 23.2. The van der Waals surface area contributed by atoms with E-state index >= 15 is 0 Å². The lowest BCUT2D eigenvalue weighted by atomic mass is 10.1. The third kappa shape index (κ3) is 12.9. The molecule has 2 rings (SSSR count). The number of anilines is 3. The molecule has 6 nitrogen and oxygen atoms in total. The van der Waals surface area contributed by atoms with E-state index in [0.717, 1.165) is 29.9 Å². The van der Waals surface area contributed by atoms with E-state index in [9.17, 15) is 9.59 Å². The number of aryl methyl sites for hydroxylation is 2. The summed E-state index contributed by atoms with van der Waals surface area (Å²) in [4.78, 5) is 26.0. The average molecular weight is 486 g/mol. The highest BCUT2D eigenvalue weighted by Crippen LogP contribution is 2.30. The van der Waals surface area contributed by atoms with Crippen LogP contribution in [0.2, 0.25) is 0 Å². The van der Waals surface area contributed by atoms with Crippen LogP contribution < -0.4 is 15.5 Å². The summed E-state index contributed by atoms with van der Waals surface area (Å²) in [6.45, 7) is 20.4. The van der Waals surface area contributed by atoms with Gasteiger partial charge in [0.1, 0.15) is 0 Å². The normalized spacial score (nSPS) is 10.0. The molecule has 0 unspecified atom stereocenters. The number of rotatable bonds is 10. The number of amides is 2. The van der Waals surface area contributed by atoms with Crippen LogP contribution in [0.25, 0.3) is 0 Å². The van der Waals surface area contributed by atoms with Crippen LogP contribution in [0.4, 0.5) is 21.9 Å². The second-order valence-corrected chi connectivity index (χ2v) is 8.88. The molecule has 6 heteroatoms. The van der Waals surface area contributed by atoms with Gasteiger partial charge in [0, 0.05) is 25.2 Å². The lowest BCUT2D eigenvalue weighted by Gasteiger charge is -2.30. The molecule has 2 aromatic carbocycles. The van der Waals surface area contributed by atoms with Crippen LogP contribution in [0.5, 0.6) is 0 Å². The molecular weight excluding hydrogens is 438 g/mol. The molecule has 0 aliphatic rings. The monoisotopic (exact) mass is 485 g/mol. The van der Waals surface area contributed by atoms with Gasteiger partial charge >= 0.3 is 12.0 Å². The maximum atomic E-state index is 12.7. The van der Waals surface area contributed by atoms with E-state index < -0.39 is 5.97 Å². The quantitative estimate of drug-likeness (QED) is 0.320. The molecule has 35 heavy (non-hydrogen) atoms. The molecule has 0 aliphatic heterocycles. The van der Waals surface area contributed by atoms with Crippen molar-refractivity contribution in [3.63, 3.8) is 0 Å². The van der Waals surface area contributed by atoms with Crippen LogP contribution in [0.15, 0.2) is 42.5 Å². The fourth-order valence-electron chi connectivity index (χ4n) is 3.44. The van der Waals surface area contributed by atoms with Crippen molar-refractivity contribution in [2.45, 2.75) is 75.2 Å². The Morgan fingerprint density at radius 1 is 0.857 bits per heavy atom. The molecule has 0 saturated carbocycles. The number of carboxylic acids is 1. The maximum Gasteiger partial charge on any atom is 0.323 e. The SMILES string of the molecule is CC.CC.Cc1ccc(NC(=O)Nc2cc(CCC(=O)O)ccc2N(CC(C)C)CC(C)C)cc1. The first-order valence-electron chi connectivity index (χ1n) is 12.9. The highest BCUT2D eigenvalue weighted by molar-refractivity contribution is 6.02. The van der Waals surface area contributed by atoms with Crippen LogP contribution in [-0.4, -0.2) is 30.2 Å². The standard InChI is InChI=1S/C25H35N3O3.2C2H6/c1-17(2)15-28(16-18(3)4)23-12-8-20(9-13-24(29)30)14-22(23)27-25(31)26-21-10-6-19(5)7-11-21;2*1-2/h6-8,10-12,14,17-18H,9,13,15-16H2,1-5H3,(H,29,30)(H2,26,27,31);2*1-2H3. The van der Waals surface area contributed by atoms with Crippen molar-refractivity contribution in [2.75, 3.05) is 28.6 Å². The summed E-state index contributed by atoms with van der Waals surface area (Å²) in [6.07, 6.45) is 0.467. The molecule has 2 amide bonds. The third-order valence-corrected chi connectivity index (χ3v) is 4.76. The summed E-state index contributed by atoms with van der Waals surface area (Å²) in [6, 6.07) is 13.1. The van der Waals surface area contributed by atoms with Crippen LogP contribution in [0.3, 0.4) is 0 Å². The zero-order chi connectivity index (χ0) is 27.0. The minimum Gasteiger partial charge on any atom is -0.481 e. The van der Waals surface area contributed by atoms with E-state index in [2.05, 4.69) is 43.2 Å². The zero-order valence-electron chi connectivity index (χ0n) is 23.2. The molecule has 0 spiro atoms. The number of nitrogens with zero attached hydrogens (tertiary/aromatic N) is 1.